The molecule has 19 nitrogen and oxygen atoms in total. The first-order valence-corrected chi connectivity index (χ1v) is 48.2. The van der Waals surface area contributed by atoms with Crippen molar-refractivity contribution in [1.82, 2.24) is 5.32 Å². The average Bonchev–Trinajstić information content (AvgIpc) is 0.777. The molecule has 0 bridgehead atoms. The Bertz CT molecular complexity index is 2190. The molecule has 17 unspecified atom stereocenters. The Balaban J connectivity index is 1.29. The van der Waals surface area contributed by atoms with E-state index in [4.69, 9.17) is 28.4 Å². The van der Waals surface area contributed by atoms with Crippen LogP contribution in [0.25, 0.3) is 0 Å². The van der Waals surface area contributed by atoms with Crippen LogP contribution in [0, 0.1) is 0 Å². The molecule has 0 radical (unpaired) electrons. The van der Waals surface area contributed by atoms with Crippen LogP contribution in [0.5, 0.6) is 0 Å². The predicted molar refractivity (Wildman–Crippen MR) is 462 cm³/mol. The van der Waals surface area contributed by atoms with E-state index in [1.165, 1.54) is 340 Å². The van der Waals surface area contributed by atoms with Crippen LogP contribution >= 0.6 is 0 Å². The SMILES string of the molecule is CCCCCCC/C=C\C/C=C\C/C=C\CCCCCCCCCCCCCCCCCCCCCCCCC(=O)NC(COC1OC(CO)C(OC2OC(CO)C(OC3OC(CO)C(O)C(O)C3O)C(O)C2O)C(O)C1O)C(O)CCCCCCCCCCCCCCCCCCCCCCCCCCCCCCCCCC. The molecule has 19 heteroatoms. The molecule has 12 N–H and O–H groups in total. The summed E-state index contributed by atoms with van der Waals surface area (Å²) in [5.74, 6) is -0.233. The lowest BCUT2D eigenvalue weighted by molar-refractivity contribution is -0.379. The molecule has 3 heterocycles. The number of carbonyl (C=O) groups excluding carboxylic acids is 1. The topological polar surface area (TPSA) is 307 Å². The second kappa shape index (κ2) is 74.8. The zero-order valence-corrected chi connectivity index (χ0v) is 72.8. The van der Waals surface area contributed by atoms with Gasteiger partial charge in [-0.3, -0.25) is 4.79 Å². The third kappa shape index (κ3) is 52.4. The Morgan fingerprint density at radius 1 is 0.316 bits per heavy atom. The van der Waals surface area contributed by atoms with E-state index in [0.717, 1.165) is 57.8 Å². The first kappa shape index (κ1) is 106. The first-order valence-electron chi connectivity index (χ1n) is 48.2. The number of hydrogen-bond acceptors (Lipinski definition) is 18. The lowest BCUT2D eigenvalue weighted by atomic mass is 9.96. The second-order valence-corrected chi connectivity index (χ2v) is 34.5. The van der Waals surface area contributed by atoms with Crippen molar-refractivity contribution in [2.45, 2.75) is 535 Å². The number of rotatable bonds is 80. The summed E-state index contributed by atoms with van der Waals surface area (Å²) in [4.78, 5) is 13.6. The summed E-state index contributed by atoms with van der Waals surface area (Å²) in [6, 6.07) is -0.888. The Morgan fingerprint density at radius 2 is 0.579 bits per heavy atom. The van der Waals surface area contributed by atoms with Crippen molar-refractivity contribution in [3.63, 3.8) is 0 Å². The van der Waals surface area contributed by atoms with Crippen LogP contribution in [-0.2, 0) is 33.2 Å². The minimum Gasteiger partial charge on any atom is -0.394 e. The molecule has 0 aliphatic carbocycles. The molecule has 3 saturated heterocycles. The van der Waals surface area contributed by atoms with Gasteiger partial charge in [0.1, 0.15) is 73.2 Å². The standard InChI is InChI=1S/C95H179NO18/c1-3-5-7-9-11-13-15-17-19-21-23-25-27-29-31-33-35-37-38-39-40-41-43-45-47-49-51-53-55-57-59-61-63-65-67-69-71-73-83(101)96-78(79(100)72-70-68-66-64-62-60-58-56-54-52-50-48-46-44-42-36-34-32-30-28-26-24-22-20-18-16-14-12-10-8-6-4-2)77-109-93-89(107)86(104)91(81(75-98)111-93)114-95-90(108)87(105)92(82(76-99)112-95)113-94-88(106)85(103)84(102)80(74-97)110-94/h15,17,21,23,27,29,78-82,84-95,97-100,102-108H,3-14,16,18-20,22,24-26,28,30-77H2,1-2H3,(H,96,101)/b17-15-,23-21-,29-27-. The average molecular weight is 1620 g/mol. The normalized spacial score (nSPS) is 24.8. The van der Waals surface area contributed by atoms with Crippen molar-refractivity contribution in [2.24, 2.45) is 0 Å². The minimum atomic E-state index is -1.97. The van der Waals surface area contributed by atoms with Gasteiger partial charge >= 0.3 is 0 Å². The Morgan fingerprint density at radius 3 is 0.904 bits per heavy atom. The summed E-state index contributed by atoms with van der Waals surface area (Å²) < 4.78 is 34.6. The third-order valence-corrected chi connectivity index (χ3v) is 24.2. The maximum absolute atomic E-state index is 13.6. The van der Waals surface area contributed by atoms with Gasteiger partial charge in [0.05, 0.1) is 38.6 Å². The fourth-order valence-electron chi connectivity index (χ4n) is 16.6. The minimum absolute atomic E-state index is 0.233. The van der Waals surface area contributed by atoms with Gasteiger partial charge in [-0.05, 0) is 51.4 Å². The van der Waals surface area contributed by atoms with Crippen molar-refractivity contribution in [3.8, 4) is 0 Å². The van der Waals surface area contributed by atoms with E-state index in [9.17, 15) is 61.0 Å². The van der Waals surface area contributed by atoms with Gasteiger partial charge in [-0.15, -0.1) is 0 Å². The Hall–Kier alpha value is -1.99. The van der Waals surface area contributed by atoms with Gasteiger partial charge in [-0.2, -0.15) is 0 Å². The summed E-state index contributed by atoms with van der Waals surface area (Å²) in [6.45, 7) is 1.87. The number of unbranched alkanes of at least 4 members (excludes halogenated alkanes) is 58. The third-order valence-electron chi connectivity index (χ3n) is 24.2. The van der Waals surface area contributed by atoms with Crippen LogP contribution < -0.4 is 5.32 Å². The van der Waals surface area contributed by atoms with E-state index in [0.29, 0.717) is 12.8 Å². The van der Waals surface area contributed by atoms with E-state index < -0.39 is 124 Å². The van der Waals surface area contributed by atoms with Crippen LogP contribution in [0.15, 0.2) is 36.5 Å². The van der Waals surface area contributed by atoms with Crippen molar-refractivity contribution >= 4 is 5.91 Å². The van der Waals surface area contributed by atoms with Gasteiger partial charge in [-0.1, -0.05) is 410 Å². The molecule has 672 valence electrons. The lowest BCUT2D eigenvalue weighted by Crippen LogP contribution is -2.66. The number of hydrogen-bond donors (Lipinski definition) is 12. The fraction of sp³-hybridized carbons (Fsp3) is 0.926. The van der Waals surface area contributed by atoms with Crippen molar-refractivity contribution < 1.29 is 89.4 Å². The van der Waals surface area contributed by atoms with Gasteiger partial charge in [0, 0.05) is 6.42 Å². The number of allylic oxidation sites excluding steroid dienone is 6. The predicted octanol–water partition coefficient (Wildman–Crippen LogP) is 19.4. The van der Waals surface area contributed by atoms with Crippen LogP contribution in [0.2, 0.25) is 0 Å². The van der Waals surface area contributed by atoms with Crippen LogP contribution in [0.3, 0.4) is 0 Å². The number of carbonyl (C=O) groups is 1. The smallest absolute Gasteiger partial charge is 0.220 e. The summed E-state index contributed by atoms with van der Waals surface area (Å²) in [7, 11) is 0. The number of amides is 1. The lowest BCUT2D eigenvalue weighted by Gasteiger charge is -2.48. The van der Waals surface area contributed by atoms with Gasteiger partial charge in [0.15, 0.2) is 18.9 Å². The molecule has 0 aromatic heterocycles. The Kier molecular flexibility index (Phi) is 69.7. The van der Waals surface area contributed by atoms with E-state index in [2.05, 4.69) is 55.6 Å². The Labute approximate surface area is 695 Å². The summed E-state index contributed by atoms with van der Waals surface area (Å²) >= 11 is 0. The monoisotopic (exact) mass is 1620 g/mol. The molecule has 3 rings (SSSR count). The largest absolute Gasteiger partial charge is 0.394 e. The highest BCUT2D eigenvalue weighted by Crippen LogP contribution is 2.34. The molecule has 17 atom stereocenters. The van der Waals surface area contributed by atoms with Crippen molar-refractivity contribution in [1.29, 1.82) is 0 Å². The molecule has 3 fully saturated rings. The maximum atomic E-state index is 13.6. The maximum Gasteiger partial charge on any atom is 0.220 e. The molecule has 0 aromatic carbocycles. The molecule has 3 aliphatic rings. The molecule has 0 saturated carbocycles. The van der Waals surface area contributed by atoms with E-state index >= 15 is 0 Å². The fourth-order valence-corrected chi connectivity index (χ4v) is 16.6. The van der Waals surface area contributed by atoms with Gasteiger partial charge in [-0.25, -0.2) is 0 Å². The second-order valence-electron chi connectivity index (χ2n) is 34.5. The van der Waals surface area contributed by atoms with Gasteiger partial charge in [0.2, 0.25) is 5.91 Å². The summed E-state index contributed by atoms with van der Waals surface area (Å²) in [6.07, 6.45) is 69.9. The van der Waals surface area contributed by atoms with Crippen LogP contribution in [0.1, 0.15) is 431 Å². The molecule has 3 aliphatic heterocycles. The number of nitrogens with one attached hydrogen (secondary N) is 1. The zero-order valence-electron chi connectivity index (χ0n) is 72.8. The number of aliphatic hydroxyl groups is 11. The summed E-state index contributed by atoms with van der Waals surface area (Å²) in [5.41, 5.74) is 0. The van der Waals surface area contributed by atoms with Crippen molar-refractivity contribution in [2.75, 3.05) is 26.4 Å². The molecular formula is C95H179NO18. The highest BCUT2D eigenvalue weighted by atomic mass is 16.8. The summed E-state index contributed by atoms with van der Waals surface area (Å²) in [5, 5.41) is 122. The van der Waals surface area contributed by atoms with E-state index in [-0.39, 0.29) is 18.9 Å². The van der Waals surface area contributed by atoms with Crippen molar-refractivity contribution in [3.05, 3.63) is 36.5 Å². The zero-order chi connectivity index (χ0) is 82.4. The molecular weight excluding hydrogens is 1440 g/mol. The van der Waals surface area contributed by atoms with E-state index in [1.54, 1.807) is 0 Å². The first-order chi connectivity index (χ1) is 55.8. The highest BCUT2D eigenvalue weighted by molar-refractivity contribution is 5.76. The van der Waals surface area contributed by atoms with Crippen LogP contribution in [-0.4, -0.2) is 193 Å². The molecule has 0 aromatic rings. The molecule has 114 heavy (non-hydrogen) atoms. The van der Waals surface area contributed by atoms with E-state index in [1.807, 2.05) is 0 Å². The highest BCUT2D eigenvalue weighted by Gasteiger charge is 2.54. The quantitative estimate of drug-likeness (QED) is 0.0199. The number of ether oxygens (including phenoxy) is 6. The van der Waals surface area contributed by atoms with Gasteiger partial charge in [0.25, 0.3) is 0 Å². The van der Waals surface area contributed by atoms with Gasteiger partial charge < -0.3 is 89.9 Å². The van der Waals surface area contributed by atoms with Crippen LogP contribution in [0.4, 0.5) is 0 Å². The molecule has 0 spiro atoms. The number of aliphatic hydroxyl groups excluding tert-OH is 11. The molecule has 1 amide bonds.